The first-order chi connectivity index (χ1) is 5.39. The van der Waals surface area contributed by atoms with Crippen molar-refractivity contribution >= 4 is 0 Å². The SMILES string of the molecule is O=c1[nH]cco1.c1cocn1. The van der Waals surface area contributed by atoms with Crippen LogP contribution in [0.4, 0.5) is 0 Å². The third-order valence-electron chi connectivity index (χ3n) is 0.792. The molecule has 11 heavy (non-hydrogen) atoms. The number of hydrogen-bond acceptors (Lipinski definition) is 4. The van der Waals surface area contributed by atoms with Crippen LogP contribution in [0, 0.1) is 0 Å². The Morgan fingerprint density at radius 1 is 1.45 bits per heavy atom. The number of aromatic nitrogens is 2. The molecule has 5 nitrogen and oxygen atoms in total. The van der Waals surface area contributed by atoms with Gasteiger partial charge in [0.1, 0.15) is 12.5 Å². The molecular formula is C6H6N2O3. The van der Waals surface area contributed by atoms with Gasteiger partial charge >= 0.3 is 5.76 Å². The maximum Gasteiger partial charge on any atom is 0.416 e. The van der Waals surface area contributed by atoms with E-state index in [1.54, 1.807) is 6.20 Å². The van der Waals surface area contributed by atoms with Crippen molar-refractivity contribution in [2.45, 2.75) is 0 Å². The molecule has 0 atom stereocenters. The molecule has 2 rings (SSSR count). The van der Waals surface area contributed by atoms with Crippen LogP contribution in [-0.4, -0.2) is 9.97 Å². The van der Waals surface area contributed by atoms with Crippen molar-refractivity contribution in [1.82, 2.24) is 9.97 Å². The van der Waals surface area contributed by atoms with Gasteiger partial charge in [0.2, 0.25) is 0 Å². The van der Waals surface area contributed by atoms with E-state index in [4.69, 9.17) is 0 Å². The van der Waals surface area contributed by atoms with Crippen LogP contribution in [0.2, 0.25) is 0 Å². The van der Waals surface area contributed by atoms with E-state index in [9.17, 15) is 4.79 Å². The Morgan fingerprint density at radius 3 is 2.55 bits per heavy atom. The summed E-state index contributed by atoms with van der Waals surface area (Å²) >= 11 is 0. The molecule has 0 saturated heterocycles. The van der Waals surface area contributed by atoms with Crippen molar-refractivity contribution in [3.63, 3.8) is 0 Å². The molecule has 5 heteroatoms. The smallest absolute Gasteiger partial charge is 0.416 e. The summed E-state index contributed by atoms with van der Waals surface area (Å²) in [6.45, 7) is 0. The van der Waals surface area contributed by atoms with E-state index < -0.39 is 5.76 Å². The number of H-pyrrole nitrogens is 1. The van der Waals surface area contributed by atoms with Gasteiger partial charge in [-0.25, -0.2) is 9.78 Å². The Balaban J connectivity index is 0.000000112. The first-order valence-electron chi connectivity index (χ1n) is 2.84. The van der Waals surface area contributed by atoms with Gasteiger partial charge in [-0.15, -0.1) is 0 Å². The highest BCUT2D eigenvalue weighted by Crippen LogP contribution is 1.72. The molecule has 2 aromatic rings. The van der Waals surface area contributed by atoms with Crippen molar-refractivity contribution in [2.75, 3.05) is 0 Å². The normalized spacial score (nSPS) is 8.36. The van der Waals surface area contributed by atoms with Crippen LogP contribution in [0.5, 0.6) is 0 Å². The minimum atomic E-state index is -0.407. The van der Waals surface area contributed by atoms with Gasteiger partial charge in [-0.3, -0.25) is 4.98 Å². The maximum atomic E-state index is 9.85. The second-order valence-electron chi connectivity index (χ2n) is 1.53. The van der Waals surface area contributed by atoms with Crippen LogP contribution in [-0.2, 0) is 0 Å². The fourth-order valence-electron chi connectivity index (χ4n) is 0.408. The molecule has 0 aliphatic rings. The highest BCUT2D eigenvalue weighted by Gasteiger charge is 1.72. The molecule has 0 aliphatic carbocycles. The highest BCUT2D eigenvalue weighted by atomic mass is 16.4. The van der Waals surface area contributed by atoms with E-state index in [2.05, 4.69) is 18.8 Å². The number of rotatable bonds is 0. The molecule has 0 amide bonds. The second kappa shape index (κ2) is 4.10. The first kappa shape index (κ1) is 7.33. The van der Waals surface area contributed by atoms with E-state index in [0.717, 1.165) is 0 Å². The predicted molar refractivity (Wildman–Crippen MR) is 35.8 cm³/mol. The van der Waals surface area contributed by atoms with Gasteiger partial charge in [-0.05, 0) is 0 Å². The number of nitrogens with one attached hydrogen (secondary N) is 1. The van der Waals surface area contributed by atoms with Gasteiger partial charge in [-0.1, -0.05) is 0 Å². The van der Waals surface area contributed by atoms with Crippen LogP contribution in [0.3, 0.4) is 0 Å². The Labute approximate surface area is 61.7 Å². The topological polar surface area (TPSA) is 72.0 Å². The average Bonchev–Trinajstić information content (AvgIpc) is 2.57. The Hall–Kier alpha value is -1.78. The quantitative estimate of drug-likeness (QED) is 0.604. The van der Waals surface area contributed by atoms with Gasteiger partial charge in [0.05, 0.1) is 6.20 Å². The molecule has 0 aliphatic heterocycles. The van der Waals surface area contributed by atoms with Crippen LogP contribution in [0.15, 0.2) is 44.9 Å². The molecule has 2 heterocycles. The summed E-state index contributed by atoms with van der Waals surface area (Å²) in [7, 11) is 0. The number of nitrogens with zero attached hydrogens (tertiary/aromatic N) is 1. The summed E-state index contributed by atoms with van der Waals surface area (Å²) in [4.78, 5) is 15.7. The molecule has 0 bridgehead atoms. The van der Waals surface area contributed by atoms with Crippen molar-refractivity contribution in [2.24, 2.45) is 0 Å². The molecule has 58 valence electrons. The zero-order chi connectivity index (χ0) is 7.94. The molecule has 0 radical (unpaired) electrons. The summed E-state index contributed by atoms with van der Waals surface area (Å²) < 4.78 is 8.69. The minimum absolute atomic E-state index is 0.407. The van der Waals surface area contributed by atoms with E-state index in [-0.39, 0.29) is 0 Å². The van der Waals surface area contributed by atoms with Gasteiger partial charge < -0.3 is 8.83 Å². The summed E-state index contributed by atoms with van der Waals surface area (Å²) in [6.07, 6.45) is 7.20. The minimum Gasteiger partial charge on any atom is -0.452 e. The van der Waals surface area contributed by atoms with Gasteiger partial charge in [0, 0.05) is 6.20 Å². The van der Waals surface area contributed by atoms with Crippen molar-refractivity contribution in [1.29, 1.82) is 0 Å². The zero-order valence-electron chi connectivity index (χ0n) is 5.56. The van der Waals surface area contributed by atoms with Gasteiger partial charge in [-0.2, -0.15) is 0 Å². The maximum absolute atomic E-state index is 9.85. The number of oxazole rings is 2. The van der Waals surface area contributed by atoms with Crippen molar-refractivity contribution in [3.05, 3.63) is 41.9 Å². The molecule has 0 unspecified atom stereocenters. The molecule has 0 aromatic carbocycles. The van der Waals surface area contributed by atoms with Crippen molar-refractivity contribution < 1.29 is 8.83 Å². The van der Waals surface area contributed by atoms with Gasteiger partial charge in [0.25, 0.3) is 0 Å². The Bertz CT molecular complexity index is 274. The summed E-state index contributed by atoms with van der Waals surface area (Å²) in [5.74, 6) is -0.407. The van der Waals surface area contributed by atoms with Crippen molar-refractivity contribution in [3.8, 4) is 0 Å². The average molecular weight is 154 g/mol. The van der Waals surface area contributed by atoms with E-state index >= 15 is 0 Å². The lowest BCUT2D eigenvalue weighted by molar-refractivity contribution is 0.515. The molecule has 0 saturated carbocycles. The van der Waals surface area contributed by atoms with Crippen LogP contribution >= 0.6 is 0 Å². The molecule has 1 N–H and O–H groups in total. The van der Waals surface area contributed by atoms with E-state index in [1.807, 2.05) is 0 Å². The standard InChI is InChI=1S/C3H3NO2.C3H3NO/c5-3-4-1-2-6-3;1-2-5-3-4-1/h1-2H,(H,4,5);1-3H. The third-order valence-corrected chi connectivity index (χ3v) is 0.792. The number of hydrogen-bond donors (Lipinski definition) is 1. The van der Waals surface area contributed by atoms with E-state index in [1.165, 1.54) is 25.1 Å². The lowest BCUT2D eigenvalue weighted by Gasteiger charge is -1.51. The number of aromatic amines is 1. The zero-order valence-corrected chi connectivity index (χ0v) is 5.56. The first-order valence-corrected chi connectivity index (χ1v) is 2.84. The second-order valence-corrected chi connectivity index (χ2v) is 1.53. The Morgan fingerprint density at radius 2 is 2.36 bits per heavy atom. The highest BCUT2D eigenvalue weighted by molar-refractivity contribution is 4.58. The third kappa shape index (κ3) is 3.04. The largest absolute Gasteiger partial charge is 0.452 e. The monoisotopic (exact) mass is 154 g/mol. The van der Waals surface area contributed by atoms with Crippen LogP contribution in [0.1, 0.15) is 0 Å². The Kier molecular flexibility index (Phi) is 2.73. The lowest BCUT2D eigenvalue weighted by Crippen LogP contribution is -1.91. The summed E-state index contributed by atoms with van der Waals surface area (Å²) in [6, 6.07) is 0. The summed E-state index contributed by atoms with van der Waals surface area (Å²) in [5, 5.41) is 0. The molecule has 0 spiro atoms. The fourth-order valence-corrected chi connectivity index (χ4v) is 0.408. The van der Waals surface area contributed by atoms with Crippen LogP contribution in [0.25, 0.3) is 0 Å². The fraction of sp³-hybridized carbons (Fsp3) is 0. The van der Waals surface area contributed by atoms with Crippen LogP contribution < -0.4 is 5.76 Å². The lowest BCUT2D eigenvalue weighted by atomic mass is 11.0. The molecular weight excluding hydrogens is 148 g/mol. The molecule has 0 fully saturated rings. The van der Waals surface area contributed by atoms with E-state index in [0.29, 0.717) is 0 Å². The summed E-state index contributed by atoms with van der Waals surface area (Å²) in [5.41, 5.74) is 0. The predicted octanol–water partition coefficient (Wildman–Crippen LogP) is 0.643. The van der Waals surface area contributed by atoms with Gasteiger partial charge in [0.15, 0.2) is 6.39 Å². The molecule has 2 aromatic heterocycles.